The number of fused-ring (bicyclic) bond motifs is 11. The molecule has 2 atom stereocenters. The number of benzene rings is 7. The van der Waals surface area contributed by atoms with Gasteiger partial charge in [0.05, 0.1) is 11.4 Å². The van der Waals surface area contributed by atoms with E-state index in [0.29, 0.717) is 0 Å². The van der Waals surface area contributed by atoms with E-state index in [-0.39, 0.29) is 12.0 Å². The number of para-hydroxylation sites is 3. The van der Waals surface area contributed by atoms with Gasteiger partial charge in [0.1, 0.15) is 22.3 Å². The molecule has 0 spiro atoms. The van der Waals surface area contributed by atoms with Crippen LogP contribution in [-0.2, 0) is 0 Å². The maximum Gasteiger partial charge on any atom is 0.136 e. The number of hydrogen-bond acceptors (Lipinski definition) is 3. The first-order chi connectivity index (χ1) is 28.7. The van der Waals surface area contributed by atoms with Crippen LogP contribution in [0.25, 0.3) is 89.2 Å². The van der Waals surface area contributed by atoms with Gasteiger partial charge in [-0.25, -0.2) is 0 Å². The fourth-order valence-corrected chi connectivity index (χ4v) is 9.35. The monoisotopic (exact) mass is 744 g/mol. The van der Waals surface area contributed by atoms with E-state index in [1.54, 1.807) is 0 Å². The fourth-order valence-electron chi connectivity index (χ4n) is 9.35. The molecular formula is C54H36N2O2. The lowest BCUT2D eigenvalue weighted by Gasteiger charge is -2.23. The highest BCUT2D eigenvalue weighted by molar-refractivity contribution is 6.07. The minimum Gasteiger partial charge on any atom is -0.456 e. The minimum absolute atomic E-state index is 0.209. The van der Waals surface area contributed by atoms with Gasteiger partial charge in [-0.1, -0.05) is 122 Å². The molecular weight excluding hydrogens is 709 g/mol. The lowest BCUT2D eigenvalue weighted by molar-refractivity contribution is 0.576. The van der Waals surface area contributed by atoms with Gasteiger partial charge < -0.3 is 18.3 Å². The third-order valence-electron chi connectivity index (χ3n) is 12.2. The summed E-state index contributed by atoms with van der Waals surface area (Å²) in [5, 5.41) is 8.03. The second kappa shape index (κ2) is 12.7. The summed E-state index contributed by atoms with van der Waals surface area (Å²) < 4.78 is 15.0. The quantitative estimate of drug-likeness (QED) is 0.170. The molecule has 10 aromatic rings. The zero-order valence-corrected chi connectivity index (χ0v) is 31.5. The van der Waals surface area contributed by atoms with Gasteiger partial charge in [0, 0.05) is 61.2 Å². The topological polar surface area (TPSA) is 34.5 Å². The molecule has 0 saturated carbocycles. The number of hydrogen-bond donors (Lipinski definition) is 0. The van der Waals surface area contributed by atoms with Gasteiger partial charge in [-0.15, -0.1) is 0 Å². The van der Waals surface area contributed by atoms with Crippen LogP contribution in [0.5, 0.6) is 0 Å². The fraction of sp³-hybridized carbons (Fsp3) is 0.0370. The molecule has 0 radical (unpaired) electrons. The molecule has 3 aromatic heterocycles. The van der Waals surface area contributed by atoms with Crippen LogP contribution in [0.1, 0.15) is 6.04 Å². The van der Waals surface area contributed by atoms with Crippen molar-refractivity contribution >= 4 is 78.3 Å². The third-order valence-corrected chi connectivity index (χ3v) is 12.2. The van der Waals surface area contributed by atoms with E-state index in [1.807, 2.05) is 24.3 Å². The van der Waals surface area contributed by atoms with Gasteiger partial charge in [-0.3, -0.25) is 0 Å². The highest BCUT2D eigenvalue weighted by Crippen LogP contribution is 2.39. The van der Waals surface area contributed by atoms with Gasteiger partial charge in [-0.05, 0) is 101 Å². The highest BCUT2D eigenvalue weighted by atomic mass is 16.3. The van der Waals surface area contributed by atoms with Crippen molar-refractivity contribution in [3.63, 3.8) is 0 Å². The molecule has 1 aliphatic heterocycles. The smallest absolute Gasteiger partial charge is 0.136 e. The van der Waals surface area contributed by atoms with Crippen LogP contribution in [0.15, 0.2) is 203 Å². The SMILES string of the molecule is C=c1c2n(c3ccccc13)C1C=CC=CC1C=2C=CN(c1ccc(-c2ccc3c(c2)oc2ccccc23)cc1)c1ccc(-c2ccc3c(c2)oc2ccccc23)cc1. The molecule has 0 bridgehead atoms. The van der Waals surface area contributed by atoms with Crippen LogP contribution in [0.2, 0.25) is 0 Å². The summed E-state index contributed by atoms with van der Waals surface area (Å²) in [6.45, 7) is 4.62. The first-order valence-electron chi connectivity index (χ1n) is 19.8. The van der Waals surface area contributed by atoms with Crippen molar-refractivity contribution in [2.24, 2.45) is 5.92 Å². The van der Waals surface area contributed by atoms with Gasteiger partial charge in [0.15, 0.2) is 0 Å². The Morgan fingerprint density at radius 1 is 0.500 bits per heavy atom. The number of anilines is 2. The van der Waals surface area contributed by atoms with E-state index < -0.39 is 0 Å². The van der Waals surface area contributed by atoms with E-state index in [9.17, 15) is 0 Å². The summed E-state index contributed by atoms with van der Waals surface area (Å²) in [6.07, 6.45) is 13.5. The predicted molar refractivity (Wildman–Crippen MR) is 241 cm³/mol. The Labute approximate surface area is 334 Å². The first-order valence-corrected chi connectivity index (χ1v) is 19.8. The predicted octanol–water partition coefficient (Wildman–Crippen LogP) is 13.0. The molecule has 0 fully saturated rings. The number of furan rings is 2. The van der Waals surface area contributed by atoms with Gasteiger partial charge in [-0.2, -0.15) is 0 Å². The maximum absolute atomic E-state index is 6.24. The van der Waals surface area contributed by atoms with Crippen molar-refractivity contribution in [1.29, 1.82) is 0 Å². The molecule has 12 rings (SSSR count). The summed E-state index contributed by atoms with van der Waals surface area (Å²) in [5.74, 6) is 0.217. The summed E-state index contributed by atoms with van der Waals surface area (Å²) in [6, 6.07) is 56.0. The summed E-state index contributed by atoms with van der Waals surface area (Å²) >= 11 is 0. The molecule has 1 aliphatic carbocycles. The zero-order chi connectivity index (χ0) is 38.3. The van der Waals surface area contributed by atoms with Crippen LogP contribution in [-0.4, -0.2) is 4.57 Å². The lowest BCUT2D eigenvalue weighted by Crippen LogP contribution is -2.26. The molecule has 2 unspecified atom stereocenters. The number of aromatic nitrogens is 1. The van der Waals surface area contributed by atoms with E-state index in [0.717, 1.165) is 82.7 Å². The minimum atomic E-state index is 0.209. The normalized spacial score (nSPS) is 16.1. The van der Waals surface area contributed by atoms with Crippen molar-refractivity contribution in [3.05, 3.63) is 205 Å². The zero-order valence-electron chi connectivity index (χ0n) is 31.5. The van der Waals surface area contributed by atoms with E-state index in [1.165, 1.54) is 21.8 Å². The lowest BCUT2D eigenvalue weighted by atomic mass is 9.89. The van der Waals surface area contributed by atoms with Crippen LogP contribution >= 0.6 is 0 Å². The van der Waals surface area contributed by atoms with Crippen molar-refractivity contribution in [3.8, 4) is 22.3 Å². The Hall–Kier alpha value is -7.56. The molecule has 4 heteroatoms. The summed E-state index contributed by atoms with van der Waals surface area (Å²) in [5.41, 5.74) is 12.7. The molecule has 4 heterocycles. The van der Waals surface area contributed by atoms with Crippen molar-refractivity contribution in [2.75, 3.05) is 4.90 Å². The van der Waals surface area contributed by atoms with Gasteiger partial charge in [0.2, 0.25) is 0 Å². The molecule has 0 N–H and O–H groups in total. The molecule has 7 aromatic carbocycles. The van der Waals surface area contributed by atoms with Crippen LogP contribution in [0, 0.1) is 5.92 Å². The van der Waals surface area contributed by atoms with Crippen molar-refractivity contribution < 1.29 is 8.83 Å². The van der Waals surface area contributed by atoms with Gasteiger partial charge in [0.25, 0.3) is 0 Å². The number of rotatable bonds is 6. The summed E-state index contributed by atoms with van der Waals surface area (Å²) in [7, 11) is 0. The standard InChI is InChI=1S/C54H36N2O2/c1-34-41-10-2-6-14-48(41)56-49-15-7-3-11-42(49)47(54(34)56)30-31-55(39-24-18-35(19-25-39)37-22-28-45-43-12-4-8-16-50(43)57-52(45)32-37)40-26-20-36(21-27-40)38-23-29-46-44-13-5-9-17-51(44)58-53(46)33-38/h2-33,42,49H,1H2. The Morgan fingerprint density at radius 3 is 1.60 bits per heavy atom. The highest BCUT2D eigenvalue weighted by Gasteiger charge is 2.32. The largest absolute Gasteiger partial charge is 0.456 e. The average Bonchev–Trinajstić information content (AvgIpc) is 4.02. The second-order valence-electron chi connectivity index (χ2n) is 15.4. The average molecular weight is 745 g/mol. The molecule has 274 valence electrons. The van der Waals surface area contributed by atoms with Crippen molar-refractivity contribution in [2.45, 2.75) is 6.04 Å². The van der Waals surface area contributed by atoms with Crippen molar-refractivity contribution in [1.82, 2.24) is 4.57 Å². The first kappa shape index (κ1) is 32.7. The Bertz CT molecular complexity index is 3330. The van der Waals surface area contributed by atoms with E-state index >= 15 is 0 Å². The molecule has 4 nitrogen and oxygen atoms in total. The number of nitrogens with zero attached hydrogens (tertiary/aromatic N) is 2. The Kier molecular flexibility index (Phi) is 7.17. The third kappa shape index (κ3) is 5.01. The number of allylic oxidation sites excluding steroid dienone is 5. The molecule has 0 saturated heterocycles. The molecule has 2 aliphatic rings. The van der Waals surface area contributed by atoms with Crippen LogP contribution < -0.4 is 15.5 Å². The summed E-state index contributed by atoms with van der Waals surface area (Å²) in [4.78, 5) is 2.29. The Balaban J connectivity index is 0.954. The maximum atomic E-state index is 6.24. The van der Waals surface area contributed by atoms with E-state index in [4.69, 9.17) is 8.83 Å². The van der Waals surface area contributed by atoms with E-state index in [2.05, 4.69) is 186 Å². The molecule has 58 heavy (non-hydrogen) atoms. The van der Waals surface area contributed by atoms with Crippen LogP contribution in [0.3, 0.4) is 0 Å². The molecule has 0 amide bonds. The Morgan fingerprint density at radius 2 is 1.00 bits per heavy atom. The second-order valence-corrected chi connectivity index (χ2v) is 15.4. The van der Waals surface area contributed by atoms with Crippen LogP contribution in [0.4, 0.5) is 11.4 Å². The van der Waals surface area contributed by atoms with Gasteiger partial charge >= 0.3 is 0 Å².